The van der Waals surface area contributed by atoms with Gasteiger partial charge in [0.1, 0.15) is 12.4 Å². The maximum absolute atomic E-state index is 9.75. The smallest absolute Gasteiger partial charge is 0.418 e. The van der Waals surface area contributed by atoms with Gasteiger partial charge >= 0.3 is 7.25 Å². The summed E-state index contributed by atoms with van der Waals surface area (Å²) in [5, 5.41) is 0. The third-order valence-corrected chi connectivity index (χ3v) is 4.01. The molecule has 9 heteroatoms. The fraction of sp³-hybridized carbons (Fsp3) is 0.842. The second-order valence-electron chi connectivity index (χ2n) is 6.84. The van der Waals surface area contributed by atoms with Crippen LogP contribution < -0.4 is 4.57 Å². The summed E-state index contributed by atoms with van der Waals surface area (Å²) < 4.78 is 54.5. The van der Waals surface area contributed by atoms with Crippen LogP contribution >= 0.6 is 0 Å². The van der Waals surface area contributed by atoms with Crippen molar-refractivity contribution in [2.75, 3.05) is 13.2 Å². The number of imidazole rings is 1. The number of hydrogen-bond donors (Lipinski definition) is 0. The largest absolute Gasteiger partial charge is 0.673 e. The molecule has 0 bridgehead atoms. The molecular weight excluding hydrogens is 375 g/mol. The van der Waals surface area contributed by atoms with E-state index < -0.39 is 7.25 Å². The summed E-state index contributed by atoms with van der Waals surface area (Å²) in [5.41, 5.74) is 0. The van der Waals surface area contributed by atoms with E-state index in [-0.39, 0.29) is 0 Å². The van der Waals surface area contributed by atoms with E-state index in [0.717, 1.165) is 13.2 Å². The lowest BCUT2D eigenvalue weighted by atomic mass is 10.2. The average molecular weight is 412 g/mol. The van der Waals surface area contributed by atoms with Gasteiger partial charge in [0, 0.05) is 0 Å². The van der Waals surface area contributed by atoms with Crippen LogP contribution in [0, 0.1) is 0 Å². The van der Waals surface area contributed by atoms with Gasteiger partial charge in [0.25, 0.3) is 0 Å². The Balaban J connectivity index is 0.00000129. The molecule has 28 heavy (non-hydrogen) atoms. The maximum Gasteiger partial charge on any atom is 0.673 e. The lowest BCUT2D eigenvalue weighted by molar-refractivity contribution is -0.732. The topological polar surface area (TPSA) is 27.3 Å². The summed E-state index contributed by atoms with van der Waals surface area (Å²) in [4.78, 5) is 0. The molecule has 4 nitrogen and oxygen atoms in total. The molecule has 0 aliphatic carbocycles. The number of hydrogen-bond acceptors (Lipinski definition) is 2. The zero-order valence-corrected chi connectivity index (χ0v) is 17.4. The minimum Gasteiger partial charge on any atom is -0.418 e. The molecule has 0 aliphatic heterocycles. The number of ether oxygens (including phenoxy) is 2. The van der Waals surface area contributed by atoms with E-state index in [0.29, 0.717) is 13.5 Å². The highest BCUT2D eigenvalue weighted by Gasteiger charge is 2.20. The van der Waals surface area contributed by atoms with Gasteiger partial charge in [-0.05, 0) is 12.8 Å². The molecule has 0 amide bonds. The van der Waals surface area contributed by atoms with Crippen LogP contribution in [0.4, 0.5) is 17.3 Å². The van der Waals surface area contributed by atoms with Crippen LogP contribution in [-0.2, 0) is 22.9 Å². The van der Waals surface area contributed by atoms with Gasteiger partial charge in [0.2, 0.25) is 6.33 Å². The van der Waals surface area contributed by atoms with Crippen LogP contribution in [0.1, 0.15) is 78.1 Å². The second kappa shape index (κ2) is 18.0. The van der Waals surface area contributed by atoms with Crippen molar-refractivity contribution in [3.63, 3.8) is 0 Å². The number of unbranched alkanes of at least 4 members (excludes halogenated alkanes) is 8. The van der Waals surface area contributed by atoms with Crippen LogP contribution in [0.15, 0.2) is 18.7 Å². The molecule has 0 saturated carbocycles. The normalized spacial score (nSPS) is 11.4. The Hall–Kier alpha value is -1.09. The number of rotatable bonds is 16. The molecule has 0 N–H and O–H groups in total. The van der Waals surface area contributed by atoms with Crippen molar-refractivity contribution in [3.8, 4) is 0 Å². The van der Waals surface area contributed by atoms with E-state index in [9.17, 15) is 17.3 Å². The Morgan fingerprint density at radius 1 is 0.786 bits per heavy atom. The van der Waals surface area contributed by atoms with Crippen molar-refractivity contribution in [2.24, 2.45) is 0 Å². The SMILES string of the molecule is CCCCCCCOCn1cc[n+](COCCCCCCC)c1.F[B-](F)(F)F. The summed E-state index contributed by atoms with van der Waals surface area (Å²) in [6.45, 7) is 7.48. The maximum atomic E-state index is 9.75. The zero-order valence-electron chi connectivity index (χ0n) is 17.4. The molecule has 0 unspecified atom stereocenters. The zero-order chi connectivity index (χ0) is 21.1. The fourth-order valence-electron chi connectivity index (χ4n) is 2.55. The molecule has 1 heterocycles. The van der Waals surface area contributed by atoms with Crippen LogP contribution in [0.5, 0.6) is 0 Å². The van der Waals surface area contributed by atoms with Crippen LogP contribution in [0.25, 0.3) is 0 Å². The van der Waals surface area contributed by atoms with Gasteiger partial charge in [-0.25, -0.2) is 9.13 Å². The summed E-state index contributed by atoms with van der Waals surface area (Å²) >= 11 is 0. The molecule has 0 aliphatic rings. The van der Waals surface area contributed by atoms with E-state index in [4.69, 9.17) is 9.47 Å². The first-order valence-corrected chi connectivity index (χ1v) is 10.4. The summed E-state index contributed by atoms with van der Waals surface area (Å²) in [6.07, 6.45) is 19.0. The summed E-state index contributed by atoms with van der Waals surface area (Å²) in [6, 6.07) is 0. The Morgan fingerprint density at radius 2 is 1.29 bits per heavy atom. The van der Waals surface area contributed by atoms with Gasteiger partial charge in [-0.15, -0.1) is 0 Å². The Bertz CT molecular complexity index is 421. The summed E-state index contributed by atoms with van der Waals surface area (Å²) in [5.74, 6) is 0. The van der Waals surface area contributed by atoms with E-state index >= 15 is 0 Å². The van der Waals surface area contributed by atoms with E-state index in [1.807, 2.05) is 18.7 Å². The van der Waals surface area contributed by atoms with Crippen LogP contribution in [0.2, 0.25) is 0 Å². The third kappa shape index (κ3) is 21.2. The Morgan fingerprint density at radius 3 is 1.82 bits per heavy atom. The molecule has 0 saturated heterocycles. The van der Waals surface area contributed by atoms with Crippen molar-refractivity contribution in [1.82, 2.24) is 4.57 Å². The van der Waals surface area contributed by atoms with Crippen LogP contribution in [0.3, 0.4) is 0 Å². The number of nitrogens with zero attached hydrogens (tertiary/aromatic N) is 2. The third-order valence-electron chi connectivity index (χ3n) is 4.01. The molecule has 166 valence electrons. The van der Waals surface area contributed by atoms with E-state index in [1.165, 1.54) is 64.2 Å². The molecule has 0 spiro atoms. The molecular formula is C19H37BF4N2O2. The van der Waals surface area contributed by atoms with Crippen molar-refractivity contribution in [3.05, 3.63) is 18.7 Å². The van der Waals surface area contributed by atoms with Gasteiger partial charge in [0.15, 0.2) is 13.5 Å². The molecule has 1 aromatic rings. The van der Waals surface area contributed by atoms with Gasteiger partial charge in [0.05, 0.1) is 13.2 Å². The molecule has 0 radical (unpaired) electrons. The standard InChI is InChI=1S/C19H37N2O2.BF4/c1-3-5-7-9-11-15-22-18-20-13-14-21(17-20)19-23-16-12-10-8-6-4-2;2-1(3,4)5/h13-14,17H,3-12,15-16,18-19H2,1-2H3;/q+1;-1. The van der Waals surface area contributed by atoms with Gasteiger partial charge in [-0.1, -0.05) is 65.2 Å². The molecule has 0 aromatic carbocycles. The Labute approximate surface area is 167 Å². The first kappa shape index (κ1) is 26.9. The lowest BCUT2D eigenvalue weighted by Crippen LogP contribution is -2.32. The van der Waals surface area contributed by atoms with Gasteiger partial charge in [-0.2, -0.15) is 0 Å². The molecule has 0 atom stereocenters. The minimum absolute atomic E-state index is 0.637. The van der Waals surface area contributed by atoms with Gasteiger partial charge in [-0.3, -0.25) is 0 Å². The fourth-order valence-corrected chi connectivity index (χ4v) is 2.55. The lowest BCUT2D eigenvalue weighted by Gasteiger charge is -2.02. The van der Waals surface area contributed by atoms with Crippen LogP contribution in [-0.4, -0.2) is 25.0 Å². The van der Waals surface area contributed by atoms with Gasteiger partial charge < -0.3 is 26.7 Å². The van der Waals surface area contributed by atoms with Crippen molar-refractivity contribution < 1.29 is 31.3 Å². The highest BCUT2D eigenvalue weighted by atomic mass is 19.5. The van der Waals surface area contributed by atoms with Crippen molar-refractivity contribution in [2.45, 2.75) is 91.5 Å². The van der Waals surface area contributed by atoms with E-state index in [1.54, 1.807) is 0 Å². The van der Waals surface area contributed by atoms with Crippen molar-refractivity contribution >= 4 is 7.25 Å². The average Bonchev–Trinajstić information content (AvgIpc) is 3.06. The van der Waals surface area contributed by atoms with E-state index in [2.05, 4.69) is 23.0 Å². The highest BCUT2D eigenvalue weighted by molar-refractivity contribution is 6.50. The number of aromatic nitrogens is 2. The first-order valence-electron chi connectivity index (χ1n) is 10.4. The summed E-state index contributed by atoms with van der Waals surface area (Å²) in [7, 11) is -6.00. The molecule has 1 aromatic heterocycles. The first-order chi connectivity index (χ1) is 13.4. The second-order valence-corrected chi connectivity index (χ2v) is 6.84. The predicted molar refractivity (Wildman–Crippen MR) is 104 cm³/mol. The highest BCUT2D eigenvalue weighted by Crippen LogP contribution is 2.06. The quantitative estimate of drug-likeness (QED) is 0.145. The molecule has 1 rings (SSSR count). The van der Waals surface area contributed by atoms with Crippen molar-refractivity contribution in [1.29, 1.82) is 0 Å². The number of halogens is 4. The predicted octanol–water partition coefficient (Wildman–Crippen LogP) is 5.96. The Kier molecular flexibility index (Phi) is 17.3. The minimum atomic E-state index is -6.00. The molecule has 0 fully saturated rings. The monoisotopic (exact) mass is 412 g/mol.